The molecule has 0 bridgehead atoms. The van der Waals surface area contributed by atoms with Crippen LogP contribution in [0.3, 0.4) is 0 Å². The number of nitrogens with zero attached hydrogens (tertiary/aromatic N) is 3. The normalized spacial score (nSPS) is 10.2. The molecule has 0 aliphatic heterocycles. The average molecular weight is 263 g/mol. The van der Waals surface area contributed by atoms with Crippen LogP contribution in [0.15, 0.2) is 22.7 Å². The van der Waals surface area contributed by atoms with Gasteiger partial charge in [0.2, 0.25) is 5.89 Å². The van der Waals surface area contributed by atoms with Crippen molar-refractivity contribution in [3.05, 3.63) is 40.0 Å². The van der Waals surface area contributed by atoms with E-state index in [-0.39, 0.29) is 5.69 Å². The highest BCUT2D eigenvalue weighted by Gasteiger charge is 2.10. The van der Waals surface area contributed by atoms with Gasteiger partial charge in [-0.1, -0.05) is 5.16 Å². The Labute approximate surface area is 109 Å². The zero-order valence-electron chi connectivity index (χ0n) is 10.5. The monoisotopic (exact) mass is 263 g/mol. The fourth-order valence-corrected chi connectivity index (χ4v) is 1.56. The van der Waals surface area contributed by atoms with Crippen molar-refractivity contribution in [1.29, 1.82) is 0 Å². The summed E-state index contributed by atoms with van der Waals surface area (Å²) in [7, 11) is 1.70. The van der Waals surface area contributed by atoms with Crippen LogP contribution in [0.25, 0.3) is 0 Å². The first kappa shape index (κ1) is 12.8. The maximum absolute atomic E-state index is 10.8. The maximum Gasteiger partial charge on any atom is 0.273 e. The molecule has 0 spiro atoms. The van der Waals surface area contributed by atoms with Gasteiger partial charge in [0, 0.05) is 37.5 Å². The summed E-state index contributed by atoms with van der Waals surface area (Å²) in [6, 6.07) is 4.68. The number of rotatable bonds is 5. The van der Waals surface area contributed by atoms with E-state index in [2.05, 4.69) is 20.8 Å². The van der Waals surface area contributed by atoms with Gasteiger partial charge in [-0.3, -0.25) is 10.1 Å². The minimum absolute atomic E-state index is 0.0126. The van der Waals surface area contributed by atoms with E-state index < -0.39 is 4.92 Å². The Morgan fingerprint density at radius 3 is 2.68 bits per heavy atom. The SMILES string of the molecule is CNc1cc(NCc2noc(C)n2)cc([N+](=O)[O-])c1. The van der Waals surface area contributed by atoms with Crippen LogP contribution in [0.4, 0.5) is 17.1 Å². The lowest BCUT2D eigenvalue weighted by atomic mass is 10.2. The van der Waals surface area contributed by atoms with Gasteiger partial charge in [-0.15, -0.1) is 0 Å². The summed E-state index contributed by atoms with van der Waals surface area (Å²) >= 11 is 0. The number of aryl methyl sites for hydroxylation is 1. The molecular weight excluding hydrogens is 250 g/mol. The van der Waals surface area contributed by atoms with Crippen LogP contribution < -0.4 is 10.6 Å². The fraction of sp³-hybridized carbons (Fsp3) is 0.273. The van der Waals surface area contributed by atoms with E-state index in [0.717, 1.165) is 0 Å². The molecule has 8 nitrogen and oxygen atoms in total. The topological polar surface area (TPSA) is 106 Å². The number of anilines is 2. The molecule has 0 aliphatic rings. The molecule has 0 unspecified atom stereocenters. The number of nitrogens with one attached hydrogen (secondary N) is 2. The number of non-ortho nitro benzene ring substituents is 1. The minimum Gasteiger partial charge on any atom is -0.388 e. The molecular formula is C11H13N5O3. The Morgan fingerprint density at radius 2 is 2.11 bits per heavy atom. The van der Waals surface area contributed by atoms with Crippen LogP contribution >= 0.6 is 0 Å². The summed E-state index contributed by atoms with van der Waals surface area (Å²) in [6.45, 7) is 2.03. The van der Waals surface area contributed by atoms with E-state index in [0.29, 0.717) is 29.6 Å². The molecule has 2 N–H and O–H groups in total. The van der Waals surface area contributed by atoms with Crippen LogP contribution in [-0.2, 0) is 6.54 Å². The first-order valence-electron chi connectivity index (χ1n) is 5.59. The summed E-state index contributed by atoms with van der Waals surface area (Å²) in [5, 5.41) is 20.4. The van der Waals surface area contributed by atoms with Gasteiger partial charge < -0.3 is 15.2 Å². The zero-order chi connectivity index (χ0) is 13.8. The molecule has 1 aromatic heterocycles. The summed E-state index contributed by atoms with van der Waals surface area (Å²) in [6.07, 6.45) is 0. The maximum atomic E-state index is 10.8. The van der Waals surface area contributed by atoms with Crippen molar-refractivity contribution in [2.45, 2.75) is 13.5 Å². The standard InChI is InChI=1S/C11H13N5O3/c1-7-14-11(15-19-7)6-13-9-3-8(12-2)4-10(5-9)16(17)18/h3-5,12-13H,6H2,1-2H3. The lowest BCUT2D eigenvalue weighted by molar-refractivity contribution is -0.384. The van der Waals surface area contributed by atoms with Gasteiger partial charge in [-0.2, -0.15) is 4.98 Å². The van der Waals surface area contributed by atoms with Gasteiger partial charge in [0.05, 0.1) is 11.5 Å². The van der Waals surface area contributed by atoms with Crippen LogP contribution in [0, 0.1) is 17.0 Å². The van der Waals surface area contributed by atoms with E-state index in [9.17, 15) is 10.1 Å². The highest BCUT2D eigenvalue weighted by Crippen LogP contribution is 2.24. The van der Waals surface area contributed by atoms with E-state index in [4.69, 9.17) is 4.52 Å². The number of hydrogen-bond donors (Lipinski definition) is 2. The molecule has 2 rings (SSSR count). The highest BCUT2D eigenvalue weighted by atomic mass is 16.6. The van der Waals surface area contributed by atoms with Crippen LogP contribution in [0.5, 0.6) is 0 Å². The minimum atomic E-state index is -0.440. The molecule has 100 valence electrons. The van der Waals surface area contributed by atoms with Crippen molar-refractivity contribution in [3.8, 4) is 0 Å². The summed E-state index contributed by atoms with van der Waals surface area (Å²) in [5.41, 5.74) is 1.28. The molecule has 0 fully saturated rings. The van der Waals surface area contributed by atoms with Gasteiger partial charge in [-0.05, 0) is 6.07 Å². The third-order valence-corrected chi connectivity index (χ3v) is 2.44. The van der Waals surface area contributed by atoms with Crippen molar-refractivity contribution in [1.82, 2.24) is 10.1 Å². The molecule has 0 atom stereocenters. The number of benzene rings is 1. The van der Waals surface area contributed by atoms with Crippen LogP contribution in [0.1, 0.15) is 11.7 Å². The van der Waals surface area contributed by atoms with Crippen LogP contribution in [-0.4, -0.2) is 22.1 Å². The molecule has 1 heterocycles. The average Bonchev–Trinajstić information content (AvgIpc) is 2.81. The van der Waals surface area contributed by atoms with E-state index in [1.54, 1.807) is 20.0 Å². The Balaban J connectivity index is 2.15. The molecule has 2 aromatic rings. The largest absolute Gasteiger partial charge is 0.388 e. The Morgan fingerprint density at radius 1 is 1.37 bits per heavy atom. The number of hydrogen-bond acceptors (Lipinski definition) is 7. The summed E-state index contributed by atoms with van der Waals surface area (Å²) < 4.78 is 4.84. The van der Waals surface area contributed by atoms with Crippen LogP contribution in [0.2, 0.25) is 0 Å². The predicted molar refractivity (Wildman–Crippen MR) is 69.0 cm³/mol. The van der Waals surface area contributed by atoms with Gasteiger partial charge >= 0.3 is 0 Å². The predicted octanol–water partition coefficient (Wildman–Crippen LogP) is 1.94. The molecule has 0 saturated heterocycles. The Kier molecular flexibility index (Phi) is 3.60. The second-order valence-corrected chi connectivity index (χ2v) is 3.86. The second-order valence-electron chi connectivity index (χ2n) is 3.86. The Hall–Kier alpha value is -2.64. The number of nitro groups is 1. The molecule has 0 saturated carbocycles. The molecule has 8 heteroatoms. The quantitative estimate of drug-likeness (QED) is 0.627. The fourth-order valence-electron chi connectivity index (χ4n) is 1.56. The molecule has 0 radical (unpaired) electrons. The second kappa shape index (κ2) is 5.34. The summed E-state index contributed by atoms with van der Waals surface area (Å²) in [5.74, 6) is 0.974. The smallest absolute Gasteiger partial charge is 0.273 e. The van der Waals surface area contributed by atoms with Crippen molar-refractivity contribution in [2.24, 2.45) is 0 Å². The lowest BCUT2D eigenvalue weighted by Crippen LogP contribution is -2.03. The summed E-state index contributed by atoms with van der Waals surface area (Å²) in [4.78, 5) is 14.4. The highest BCUT2D eigenvalue weighted by molar-refractivity contribution is 5.63. The van der Waals surface area contributed by atoms with E-state index in [1.807, 2.05) is 0 Å². The molecule has 0 amide bonds. The third-order valence-electron chi connectivity index (χ3n) is 2.44. The first-order chi connectivity index (χ1) is 9.08. The zero-order valence-corrected chi connectivity index (χ0v) is 10.5. The third kappa shape index (κ3) is 3.18. The molecule has 0 aliphatic carbocycles. The van der Waals surface area contributed by atoms with Gasteiger partial charge in [0.1, 0.15) is 0 Å². The van der Waals surface area contributed by atoms with Crippen molar-refractivity contribution < 1.29 is 9.45 Å². The number of aromatic nitrogens is 2. The van der Waals surface area contributed by atoms with Crippen molar-refractivity contribution in [3.63, 3.8) is 0 Å². The lowest BCUT2D eigenvalue weighted by Gasteiger charge is -2.06. The first-order valence-corrected chi connectivity index (χ1v) is 5.59. The van der Waals surface area contributed by atoms with Gasteiger partial charge in [0.15, 0.2) is 5.82 Å². The molecule has 19 heavy (non-hydrogen) atoms. The van der Waals surface area contributed by atoms with Gasteiger partial charge in [-0.25, -0.2) is 0 Å². The van der Waals surface area contributed by atoms with E-state index >= 15 is 0 Å². The van der Waals surface area contributed by atoms with Crippen molar-refractivity contribution >= 4 is 17.1 Å². The molecule has 1 aromatic carbocycles. The van der Waals surface area contributed by atoms with Gasteiger partial charge in [0.25, 0.3) is 5.69 Å². The Bertz CT molecular complexity index is 596. The van der Waals surface area contributed by atoms with E-state index in [1.165, 1.54) is 12.1 Å². The number of nitro benzene ring substituents is 1. The van der Waals surface area contributed by atoms with Crippen molar-refractivity contribution in [2.75, 3.05) is 17.7 Å².